The average Bonchev–Trinajstić information content (AvgIpc) is 2.57. The molecule has 0 aliphatic carbocycles. The fraction of sp³-hybridized carbons (Fsp3) is 0.529. The van der Waals surface area contributed by atoms with Crippen molar-refractivity contribution in [3.63, 3.8) is 0 Å². The molecule has 0 bridgehead atoms. The lowest BCUT2D eigenvalue weighted by Crippen LogP contribution is -2.41. The topological polar surface area (TPSA) is 96.7 Å². The largest absolute Gasteiger partial charge is 0.379 e. The summed E-state index contributed by atoms with van der Waals surface area (Å²) in [6.07, 6.45) is 1.52. The average molecular weight is 371 g/mol. The van der Waals surface area contributed by atoms with Gasteiger partial charge >= 0.3 is 0 Å². The number of hydrogen-bond donors (Lipinski definition) is 3. The summed E-state index contributed by atoms with van der Waals surface area (Å²) in [4.78, 5) is 25.9. The van der Waals surface area contributed by atoms with Crippen molar-refractivity contribution >= 4 is 35.6 Å². The van der Waals surface area contributed by atoms with Crippen LogP contribution < -0.4 is 16.4 Å². The molecule has 1 unspecified atom stereocenters. The normalized spacial score (nSPS) is 15.8. The predicted molar refractivity (Wildman–Crippen MR) is 101 cm³/mol. The number of hydrogen-bond acceptors (Lipinski definition) is 5. The van der Waals surface area contributed by atoms with Gasteiger partial charge < -0.3 is 21.1 Å². The van der Waals surface area contributed by atoms with Gasteiger partial charge in [-0.15, -0.1) is 12.4 Å². The molecular formula is C17H27ClN4O3. The molecule has 7 nitrogen and oxygen atoms in total. The number of amides is 2. The van der Waals surface area contributed by atoms with Gasteiger partial charge in [-0.3, -0.25) is 14.5 Å². The number of ether oxygens (including phenoxy) is 1. The Hall–Kier alpha value is -1.67. The Kier molecular flexibility index (Phi) is 9.44. The highest BCUT2D eigenvalue weighted by atomic mass is 35.5. The van der Waals surface area contributed by atoms with E-state index in [2.05, 4.69) is 15.5 Å². The predicted octanol–water partition coefficient (Wildman–Crippen LogP) is 1.45. The van der Waals surface area contributed by atoms with Crippen molar-refractivity contribution in [3.05, 3.63) is 24.3 Å². The number of carbonyl (C=O) groups excluding carboxylic acids is 2. The molecule has 1 aliphatic heterocycles. The number of halogens is 1. The highest BCUT2D eigenvalue weighted by Gasteiger charge is 2.15. The Labute approximate surface area is 154 Å². The second-order valence-corrected chi connectivity index (χ2v) is 5.90. The summed E-state index contributed by atoms with van der Waals surface area (Å²) in [5.74, 6) is -0.250. The third kappa shape index (κ3) is 7.39. The lowest BCUT2D eigenvalue weighted by molar-refractivity contribution is -0.118. The Bertz CT molecular complexity index is 547. The van der Waals surface area contributed by atoms with Crippen LogP contribution in [0, 0.1) is 0 Å². The first-order valence-corrected chi connectivity index (χ1v) is 8.35. The van der Waals surface area contributed by atoms with Gasteiger partial charge in [-0.2, -0.15) is 0 Å². The molecule has 0 spiro atoms. The van der Waals surface area contributed by atoms with Crippen LogP contribution in [0.3, 0.4) is 0 Å². The van der Waals surface area contributed by atoms with Crippen molar-refractivity contribution in [3.8, 4) is 0 Å². The molecule has 1 atom stereocenters. The second kappa shape index (κ2) is 11.0. The summed E-state index contributed by atoms with van der Waals surface area (Å²) in [5.41, 5.74) is 7.14. The standard InChI is InChI=1S/C17H26N4O3.ClH/c1-2-3-15(18)17(23)20-14-6-4-13(5-7-14)19-16(22)12-21-8-10-24-11-9-21;/h4-7,15H,2-3,8-12,18H2,1H3,(H,19,22)(H,20,23);1H. The summed E-state index contributed by atoms with van der Waals surface area (Å²) >= 11 is 0. The van der Waals surface area contributed by atoms with Gasteiger partial charge in [0, 0.05) is 24.5 Å². The molecule has 1 fully saturated rings. The Morgan fingerprint density at radius 1 is 1.16 bits per heavy atom. The van der Waals surface area contributed by atoms with E-state index in [1.54, 1.807) is 24.3 Å². The van der Waals surface area contributed by atoms with Crippen molar-refractivity contribution < 1.29 is 14.3 Å². The minimum absolute atomic E-state index is 0. The number of nitrogens with one attached hydrogen (secondary N) is 2. The van der Waals surface area contributed by atoms with E-state index in [9.17, 15) is 9.59 Å². The maximum atomic E-state index is 12.0. The van der Waals surface area contributed by atoms with Gasteiger partial charge in [-0.05, 0) is 30.7 Å². The van der Waals surface area contributed by atoms with Gasteiger partial charge in [0.1, 0.15) is 0 Å². The molecule has 8 heteroatoms. The molecule has 140 valence electrons. The summed E-state index contributed by atoms with van der Waals surface area (Å²) in [5, 5.41) is 5.63. The fourth-order valence-corrected chi connectivity index (χ4v) is 2.48. The maximum Gasteiger partial charge on any atom is 0.241 e. The first-order valence-electron chi connectivity index (χ1n) is 8.35. The number of nitrogens with zero attached hydrogens (tertiary/aromatic N) is 1. The van der Waals surface area contributed by atoms with Crippen molar-refractivity contribution in [2.24, 2.45) is 5.73 Å². The molecule has 2 amide bonds. The monoisotopic (exact) mass is 370 g/mol. The number of morpholine rings is 1. The number of carbonyl (C=O) groups is 2. The van der Waals surface area contributed by atoms with Crippen LogP contribution in [0.25, 0.3) is 0 Å². The molecule has 1 saturated heterocycles. The zero-order valence-electron chi connectivity index (χ0n) is 14.5. The van der Waals surface area contributed by atoms with Gasteiger partial charge in [0.2, 0.25) is 11.8 Å². The van der Waals surface area contributed by atoms with E-state index in [1.807, 2.05) is 6.92 Å². The van der Waals surface area contributed by atoms with Crippen molar-refractivity contribution in [2.45, 2.75) is 25.8 Å². The van der Waals surface area contributed by atoms with Gasteiger partial charge in [-0.25, -0.2) is 0 Å². The summed E-state index contributed by atoms with van der Waals surface area (Å²) in [6.45, 7) is 5.23. The zero-order valence-corrected chi connectivity index (χ0v) is 15.3. The van der Waals surface area contributed by atoms with E-state index in [-0.39, 0.29) is 24.2 Å². The van der Waals surface area contributed by atoms with E-state index in [0.29, 0.717) is 37.6 Å². The molecule has 4 N–H and O–H groups in total. The Morgan fingerprint density at radius 2 is 1.72 bits per heavy atom. The molecule has 25 heavy (non-hydrogen) atoms. The van der Waals surface area contributed by atoms with E-state index in [4.69, 9.17) is 10.5 Å². The van der Waals surface area contributed by atoms with E-state index >= 15 is 0 Å². The molecular weight excluding hydrogens is 344 g/mol. The third-order valence-corrected chi connectivity index (χ3v) is 3.84. The minimum Gasteiger partial charge on any atom is -0.379 e. The minimum atomic E-state index is -0.497. The molecule has 2 rings (SSSR count). The fourth-order valence-electron chi connectivity index (χ4n) is 2.48. The SMILES string of the molecule is CCCC(N)C(=O)Nc1ccc(NC(=O)CN2CCOCC2)cc1.Cl. The first-order chi connectivity index (χ1) is 11.6. The maximum absolute atomic E-state index is 12.0. The molecule has 1 aliphatic rings. The van der Waals surface area contributed by atoms with Crippen LogP contribution in [-0.2, 0) is 14.3 Å². The van der Waals surface area contributed by atoms with Crippen LogP contribution in [0.15, 0.2) is 24.3 Å². The van der Waals surface area contributed by atoms with Crippen LogP contribution in [0.2, 0.25) is 0 Å². The highest BCUT2D eigenvalue weighted by molar-refractivity contribution is 5.95. The molecule has 1 aromatic carbocycles. The molecule has 0 aromatic heterocycles. The van der Waals surface area contributed by atoms with Gasteiger partial charge in [0.15, 0.2) is 0 Å². The lowest BCUT2D eigenvalue weighted by atomic mass is 10.1. The molecule has 1 aromatic rings. The summed E-state index contributed by atoms with van der Waals surface area (Å²) in [6, 6.07) is 6.53. The smallest absolute Gasteiger partial charge is 0.241 e. The van der Waals surface area contributed by atoms with Crippen molar-refractivity contribution in [1.82, 2.24) is 4.90 Å². The molecule has 0 radical (unpaired) electrons. The zero-order chi connectivity index (χ0) is 17.4. The van der Waals surface area contributed by atoms with Gasteiger partial charge in [0.05, 0.1) is 25.8 Å². The van der Waals surface area contributed by atoms with Crippen LogP contribution >= 0.6 is 12.4 Å². The third-order valence-electron chi connectivity index (χ3n) is 3.84. The lowest BCUT2D eigenvalue weighted by Gasteiger charge is -2.25. The van der Waals surface area contributed by atoms with Crippen LogP contribution in [0.4, 0.5) is 11.4 Å². The number of nitrogens with two attached hydrogens (primary N) is 1. The molecule has 0 saturated carbocycles. The van der Waals surface area contributed by atoms with E-state index in [1.165, 1.54) is 0 Å². The van der Waals surface area contributed by atoms with Crippen LogP contribution in [0.5, 0.6) is 0 Å². The first kappa shape index (κ1) is 21.4. The van der Waals surface area contributed by atoms with Gasteiger partial charge in [0.25, 0.3) is 0 Å². The van der Waals surface area contributed by atoms with Crippen molar-refractivity contribution in [2.75, 3.05) is 43.5 Å². The summed E-state index contributed by atoms with van der Waals surface area (Å²) in [7, 11) is 0. The second-order valence-electron chi connectivity index (χ2n) is 5.90. The Balaban J connectivity index is 0.00000312. The number of rotatable bonds is 7. The summed E-state index contributed by atoms with van der Waals surface area (Å²) < 4.78 is 5.26. The quantitative estimate of drug-likeness (QED) is 0.675. The molecule has 1 heterocycles. The van der Waals surface area contributed by atoms with E-state index in [0.717, 1.165) is 19.5 Å². The van der Waals surface area contributed by atoms with Crippen LogP contribution in [0.1, 0.15) is 19.8 Å². The highest BCUT2D eigenvalue weighted by Crippen LogP contribution is 2.14. The number of benzene rings is 1. The van der Waals surface area contributed by atoms with Crippen molar-refractivity contribution in [1.29, 1.82) is 0 Å². The van der Waals surface area contributed by atoms with E-state index < -0.39 is 6.04 Å². The number of anilines is 2. The van der Waals surface area contributed by atoms with Gasteiger partial charge in [-0.1, -0.05) is 13.3 Å². The van der Waals surface area contributed by atoms with Crippen LogP contribution in [-0.4, -0.2) is 55.6 Å². The Morgan fingerprint density at radius 3 is 2.28 bits per heavy atom.